The predicted molar refractivity (Wildman–Crippen MR) is 123 cm³/mol. The van der Waals surface area contributed by atoms with Crippen LogP contribution in [0.2, 0.25) is 0 Å². The number of carbonyl (C=O) groups excluding carboxylic acids is 2. The highest BCUT2D eigenvalue weighted by molar-refractivity contribution is 9.10. The second-order valence-corrected chi connectivity index (χ2v) is 8.70. The van der Waals surface area contributed by atoms with E-state index in [1.54, 1.807) is 43.2 Å². The number of benzene rings is 2. The summed E-state index contributed by atoms with van der Waals surface area (Å²) in [4.78, 5) is 27.6. The van der Waals surface area contributed by atoms with Gasteiger partial charge in [0.25, 0.3) is 5.91 Å². The van der Waals surface area contributed by atoms with Crippen molar-refractivity contribution in [2.75, 3.05) is 13.7 Å². The Hall–Kier alpha value is -2.54. The second kappa shape index (κ2) is 11.2. The van der Waals surface area contributed by atoms with Crippen molar-refractivity contribution in [2.45, 2.75) is 51.2 Å². The van der Waals surface area contributed by atoms with Crippen molar-refractivity contribution in [2.24, 2.45) is 0 Å². The SMILES string of the molecule is COc1ccc(OCC(=O)N(Cc2cccc(Br)c2)C(C)C(=O)NC2CCCC2)cc1. The lowest BCUT2D eigenvalue weighted by Gasteiger charge is -2.29. The smallest absolute Gasteiger partial charge is 0.261 e. The van der Waals surface area contributed by atoms with Crippen LogP contribution in [0.3, 0.4) is 0 Å². The summed E-state index contributed by atoms with van der Waals surface area (Å²) >= 11 is 3.47. The first-order valence-electron chi connectivity index (χ1n) is 10.6. The maximum Gasteiger partial charge on any atom is 0.261 e. The number of methoxy groups -OCH3 is 1. The minimum absolute atomic E-state index is 0.125. The van der Waals surface area contributed by atoms with Gasteiger partial charge in [-0.05, 0) is 61.7 Å². The van der Waals surface area contributed by atoms with Crippen molar-refractivity contribution in [1.29, 1.82) is 0 Å². The molecule has 0 aromatic heterocycles. The molecule has 1 fully saturated rings. The van der Waals surface area contributed by atoms with E-state index in [4.69, 9.17) is 9.47 Å². The third kappa shape index (κ3) is 6.72. The number of carbonyl (C=O) groups is 2. The number of nitrogens with zero attached hydrogens (tertiary/aromatic N) is 1. The van der Waals surface area contributed by atoms with E-state index in [2.05, 4.69) is 21.2 Å². The van der Waals surface area contributed by atoms with E-state index in [0.29, 0.717) is 18.0 Å². The van der Waals surface area contributed by atoms with E-state index in [9.17, 15) is 9.59 Å². The molecular formula is C24H29BrN2O4. The molecule has 7 heteroatoms. The normalized spacial score (nSPS) is 14.7. The number of hydrogen-bond acceptors (Lipinski definition) is 4. The Labute approximate surface area is 192 Å². The van der Waals surface area contributed by atoms with Crippen LogP contribution in [-0.4, -0.2) is 42.5 Å². The number of halogens is 1. The maximum atomic E-state index is 13.1. The van der Waals surface area contributed by atoms with Gasteiger partial charge >= 0.3 is 0 Å². The minimum Gasteiger partial charge on any atom is -0.497 e. The van der Waals surface area contributed by atoms with E-state index >= 15 is 0 Å². The Kier molecular flexibility index (Phi) is 8.35. The molecule has 6 nitrogen and oxygen atoms in total. The van der Waals surface area contributed by atoms with Crippen LogP contribution < -0.4 is 14.8 Å². The molecule has 2 aromatic rings. The molecule has 1 unspecified atom stereocenters. The van der Waals surface area contributed by atoms with Gasteiger partial charge in [0.15, 0.2) is 6.61 Å². The molecule has 1 N–H and O–H groups in total. The largest absolute Gasteiger partial charge is 0.497 e. The number of hydrogen-bond donors (Lipinski definition) is 1. The van der Waals surface area contributed by atoms with E-state index in [1.165, 1.54) is 0 Å². The molecule has 0 saturated heterocycles. The molecule has 1 aliphatic carbocycles. The summed E-state index contributed by atoms with van der Waals surface area (Å²) in [5.74, 6) is 0.913. The van der Waals surface area contributed by atoms with Gasteiger partial charge in [-0.2, -0.15) is 0 Å². The van der Waals surface area contributed by atoms with Crippen LogP contribution in [0.4, 0.5) is 0 Å². The molecule has 2 aromatic carbocycles. The highest BCUT2D eigenvalue weighted by atomic mass is 79.9. The molecule has 166 valence electrons. The Bertz CT molecular complexity index is 881. The number of amides is 2. The average Bonchev–Trinajstić information content (AvgIpc) is 3.28. The Morgan fingerprint density at radius 2 is 1.81 bits per heavy atom. The molecule has 0 heterocycles. The zero-order valence-corrected chi connectivity index (χ0v) is 19.6. The number of rotatable bonds is 9. The van der Waals surface area contributed by atoms with Gasteiger partial charge in [0.1, 0.15) is 17.5 Å². The fourth-order valence-corrected chi connectivity index (χ4v) is 4.15. The fourth-order valence-electron chi connectivity index (χ4n) is 3.71. The average molecular weight is 489 g/mol. The van der Waals surface area contributed by atoms with Crippen molar-refractivity contribution in [3.05, 3.63) is 58.6 Å². The summed E-state index contributed by atoms with van der Waals surface area (Å²) in [5, 5.41) is 3.10. The lowest BCUT2D eigenvalue weighted by Crippen LogP contribution is -2.50. The second-order valence-electron chi connectivity index (χ2n) is 7.78. The Morgan fingerprint density at radius 3 is 2.45 bits per heavy atom. The summed E-state index contributed by atoms with van der Waals surface area (Å²) < 4.78 is 11.8. The molecule has 0 bridgehead atoms. The van der Waals surface area contributed by atoms with Crippen LogP contribution in [0.15, 0.2) is 53.0 Å². The number of ether oxygens (including phenoxy) is 2. The van der Waals surface area contributed by atoms with Gasteiger partial charge in [-0.1, -0.05) is 40.9 Å². The molecule has 0 radical (unpaired) electrons. The Balaban J connectivity index is 1.69. The van der Waals surface area contributed by atoms with Crippen molar-refractivity contribution < 1.29 is 19.1 Å². The quantitative estimate of drug-likeness (QED) is 0.570. The van der Waals surface area contributed by atoms with Crippen molar-refractivity contribution in [1.82, 2.24) is 10.2 Å². The van der Waals surface area contributed by atoms with Crippen LogP contribution in [-0.2, 0) is 16.1 Å². The summed E-state index contributed by atoms with van der Waals surface area (Å²) in [6, 6.07) is 14.4. The monoisotopic (exact) mass is 488 g/mol. The Morgan fingerprint density at radius 1 is 1.13 bits per heavy atom. The zero-order valence-electron chi connectivity index (χ0n) is 18.0. The summed E-state index contributed by atoms with van der Waals surface area (Å²) in [5.41, 5.74) is 0.938. The summed E-state index contributed by atoms with van der Waals surface area (Å²) in [7, 11) is 1.59. The molecule has 0 aliphatic heterocycles. The first-order chi connectivity index (χ1) is 15.0. The third-order valence-corrected chi connectivity index (χ3v) is 6.03. The van der Waals surface area contributed by atoms with E-state index < -0.39 is 6.04 Å². The van der Waals surface area contributed by atoms with Crippen LogP contribution in [0.5, 0.6) is 11.5 Å². The molecular weight excluding hydrogens is 460 g/mol. The van der Waals surface area contributed by atoms with E-state index in [0.717, 1.165) is 35.7 Å². The lowest BCUT2D eigenvalue weighted by molar-refractivity contribution is -0.142. The highest BCUT2D eigenvalue weighted by Crippen LogP contribution is 2.20. The van der Waals surface area contributed by atoms with Crippen LogP contribution in [0.25, 0.3) is 0 Å². The van der Waals surface area contributed by atoms with Gasteiger partial charge in [-0.3, -0.25) is 9.59 Å². The molecule has 3 rings (SSSR count). The molecule has 1 saturated carbocycles. The van der Waals surface area contributed by atoms with Gasteiger partial charge < -0.3 is 19.7 Å². The van der Waals surface area contributed by atoms with Crippen LogP contribution in [0.1, 0.15) is 38.2 Å². The summed E-state index contributed by atoms with van der Waals surface area (Å²) in [6.45, 7) is 1.94. The van der Waals surface area contributed by atoms with E-state index in [1.807, 2.05) is 24.3 Å². The molecule has 2 amide bonds. The third-order valence-electron chi connectivity index (χ3n) is 5.53. The molecule has 1 aliphatic rings. The summed E-state index contributed by atoms with van der Waals surface area (Å²) in [6.07, 6.45) is 4.27. The van der Waals surface area contributed by atoms with Crippen molar-refractivity contribution >= 4 is 27.7 Å². The first kappa shape index (κ1) is 23.1. The molecule has 31 heavy (non-hydrogen) atoms. The topological polar surface area (TPSA) is 67.9 Å². The molecule has 0 spiro atoms. The maximum absolute atomic E-state index is 13.1. The van der Waals surface area contributed by atoms with Crippen molar-refractivity contribution in [3.8, 4) is 11.5 Å². The predicted octanol–water partition coefficient (Wildman–Crippen LogP) is 4.31. The van der Waals surface area contributed by atoms with Gasteiger partial charge in [-0.15, -0.1) is 0 Å². The van der Waals surface area contributed by atoms with Gasteiger partial charge in [0.05, 0.1) is 7.11 Å². The van der Waals surface area contributed by atoms with Gasteiger partial charge in [0.2, 0.25) is 5.91 Å². The highest BCUT2D eigenvalue weighted by Gasteiger charge is 2.28. The number of nitrogens with one attached hydrogen (secondary N) is 1. The zero-order chi connectivity index (χ0) is 22.2. The van der Waals surface area contributed by atoms with Gasteiger partial charge in [-0.25, -0.2) is 0 Å². The van der Waals surface area contributed by atoms with E-state index in [-0.39, 0.29) is 24.5 Å². The van der Waals surface area contributed by atoms with Gasteiger partial charge in [0, 0.05) is 17.1 Å². The van der Waals surface area contributed by atoms with Crippen LogP contribution >= 0.6 is 15.9 Å². The molecule has 1 atom stereocenters. The van der Waals surface area contributed by atoms with Crippen molar-refractivity contribution in [3.63, 3.8) is 0 Å². The standard InChI is InChI=1S/C24H29BrN2O4/c1-17(24(29)26-20-8-3-4-9-20)27(15-18-6-5-7-19(25)14-18)23(28)16-31-22-12-10-21(30-2)11-13-22/h5-7,10-14,17,20H,3-4,8-9,15-16H2,1-2H3,(H,26,29). The van der Waals surface area contributed by atoms with Crippen LogP contribution in [0, 0.1) is 0 Å². The first-order valence-corrected chi connectivity index (χ1v) is 11.4. The lowest BCUT2D eigenvalue weighted by atomic mass is 10.1. The fraction of sp³-hybridized carbons (Fsp3) is 0.417. The minimum atomic E-state index is -0.605.